The van der Waals surface area contributed by atoms with Crippen molar-refractivity contribution in [3.8, 4) is 11.3 Å². The number of carboxylic acid groups (broad SMARTS) is 1. The van der Waals surface area contributed by atoms with Crippen LogP contribution in [0, 0.1) is 6.92 Å². The van der Waals surface area contributed by atoms with E-state index in [-0.39, 0.29) is 12.2 Å². The van der Waals surface area contributed by atoms with Gasteiger partial charge < -0.3 is 14.9 Å². The van der Waals surface area contributed by atoms with Gasteiger partial charge >= 0.3 is 5.97 Å². The van der Waals surface area contributed by atoms with Crippen molar-refractivity contribution in [3.05, 3.63) is 41.7 Å². The summed E-state index contributed by atoms with van der Waals surface area (Å²) in [5.74, 6) is -1.39. The number of carbonyl (C=O) groups excluding carboxylic acids is 1. The summed E-state index contributed by atoms with van der Waals surface area (Å²) in [5.41, 5.74) is 2.54. The van der Waals surface area contributed by atoms with Crippen LogP contribution in [-0.2, 0) is 4.79 Å². The molecule has 0 spiro atoms. The van der Waals surface area contributed by atoms with Gasteiger partial charge in [0, 0.05) is 17.7 Å². The van der Waals surface area contributed by atoms with E-state index in [9.17, 15) is 9.59 Å². The molecule has 2 N–H and O–H groups in total. The molecular weight excluding hydrogens is 272 g/mol. The zero-order chi connectivity index (χ0) is 15.4. The van der Waals surface area contributed by atoms with Crippen molar-refractivity contribution < 1.29 is 19.2 Å². The minimum absolute atomic E-state index is 0.0582. The lowest BCUT2D eigenvalue weighted by atomic mass is 10.1. The third-order valence-corrected chi connectivity index (χ3v) is 2.94. The Balaban J connectivity index is 2.07. The predicted molar refractivity (Wildman–Crippen MR) is 75.9 cm³/mol. The van der Waals surface area contributed by atoms with Crippen LogP contribution < -0.4 is 5.32 Å². The molecule has 0 fully saturated rings. The zero-order valence-electron chi connectivity index (χ0n) is 11.8. The normalized spacial score (nSPS) is 11.9. The largest absolute Gasteiger partial charge is 0.481 e. The molecule has 2 aromatic rings. The number of nitrogens with zero attached hydrogens (tertiary/aromatic N) is 1. The molecule has 21 heavy (non-hydrogen) atoms. The third kappa shape index (κ3) is 3.92. The zero-order valence-corrected chi connectivity index (χ0v) is 11.8. The lowest BCUT2D eigenvalue weighted by Gasteiger charge is -2.09. The highest BCUT2D eigenvalue weighted by molar-refractivity contribution is 5.92. The molecule has 2 rings (SSSR count). The fourth-order valence-corrected chi connectivity index (χ4v) is 1.85. The van der Waals surface area contributed by atoms with Gasteiger partial charge in [-0.2, -0.15) is 0 Å². The summed E-state index contributed by atoms with van der Waals surface area (Å²) < 4.78 is 5.01. The highest BCUT2D eigenvalue weighted by atomic mass is 16.5. The number of aromatic nitrogens is 1. The maximum atomic E-state index is 11.9. The van der Waals surface area contributed by atoms with Crippen molar-refractivity contribution in [1.29, 1.82) is 0 Å². The van der Waals surface area contributed by atoms with Gasteiger partial charge in [-0.3, -0.25) is 9.59 Å². The quantitative estimate of drug-likeness (QED) is 0.880. The fourth-order valence-electron chi connectivity index (χ4n) is 1.85. The Labute approximate surface area is 121 Å². The van der Waals surface area contributed by atoms with Gasteiger partial charge in [-0.1, -0.05) is 35.0 Å². The molecular formula is C15H16N2O4. The van der Waals surface area contributed by atoms with Crippen molar-refractivity contribution in [1.82, 2.24) is 10.5 Å². The van der Waals surface area contributed by atoms with Gasteiger partial charge in [-0.05, 0) is 13.8 Å². The van der Waals surface area contributed by atoms with Crippen LogP contribution in [0.1, 0.15) is 29.5 Å². The van der Waals surface area contributed by atoms with Crippen LogP contribution >= 0.6 is 0 Å². The number of aryl methyl sites for hydroxylation is 1. The number of hydrogen-bond donors (Lipinski definition) is 2. The average Bonchev–Trinajstić information content (AvgIpc) is 2.88. The first-order chi connectivity index (χ1) is 9.95. The molecule has 1 unspecified atom stereocenters. The van der Waals surface area contributed by atoms with Gasteiger partial charge in [0.1, 0.15) is 5.69 Å². The van der Waals surface area contributed by atoms with Crippen LogP contribution in [-0.4, -0.2) is 28.2 Å². The second-order valence-electron chi connectivity index (χ2n) is 4.91. The summed E-state index contributed by atoms with van der Waals surface area (Å²) in [4.78, 5) is 22.5. The molecule has 6 nitrogen and oxygen atoms in total. The first-order valence-electron chi connectivity index (χ1n) is 6.52. The van der Waals surface area contributed by atoms with Crippen molar-refractivity contribution in [2.45, 2.75) is 26.3 Å². The summed E-state index contributed by atoms with van der Waals surface area (Å²) in [7, 11) is 0. The number of aliphatic carboxylic acids is 1. The minimum Gasteiger partial charge on any atom is -0.481 e. The summed E-state index contributed by atoms with van der Waals surface area (Å²) in [6.45, 7) is 3.60. The number of rotatable bonds is 5. The van der Waals surface area contributed by atoms with Gasteiger partial charge in [0.25, 0.3) is 5.91 Å². The molecule has 6 heteroatoms. The van der Waals surface area contributed by atoms with Crippen LogP contribution in [0.4, 0.5) is 0 Å². The lowest BCUT2D eigenvalue weighted by Crippen LogP contribution is -2.33. The number of hydrogen-bond acceptors (Lipinski definition) is 4. The first-order valence-corrected chi connectivity index (χ1v) is 6.52. The number of nitrogens with one attached hydrogen (secondary N) is 1. The summed E-state index contributed by atoms with van der Waals surface area (Å²) >= 11 is 0. The van der Waals surface area contributed by atoms with Crippen LogP contribution in [0.3, 0.4) is 0 Å². The SMILES string of the molecule is Cc1ccc(-c2cc(C(=O)NC(C)CC(=O)O)on2)cc1. The molecule has 110 valence electrons. The second kappa shape index (κ2) is 6.21. The monoisotopic (exact) mass is 288 g/mol. The fraction of sp³-hybridized carbons (Fsp3) is 0.267. The Kier molecular flexibility index (Phi) is 4.37. The molecule has 0 aliphatic carbocycles. The molecule has 1 aromatic carbocycles. The Hall–Kier alpha value is -2.63. The smallest absolute Gasteiger partial charge is 0.305 e. The molecule has 0 bridgehead atoms. The van der Waals surface area contributed by atoms with E-state index >= 15 is 0 Å². The summed E-state index contributed by atoms with van der Waals surface area (Å²) in [6, 6.07) is 8.72. The van der Waals surface area contributed by atoms with Gasteiger partial charge in [0.05, 0.1) is 6.42 Å². The molecule has 1 atom stereocenters. The standard InChI is InChI=1S/C15H16N2O4/c1-9-3-5-11(6-4-9)12-8-13(21-17-12)15(20)16-10(2)7-14(18)19/h3-6,8,10H,7H2,1-2H3,(H,16,20)(H,18,19). The van der Waals surface area contributed by atoms with Crippen LogP contribution in [0.5, 0.6) is 0 Å². The molecule has 0 radical (unpaired) electrons. The topological polar surface area (TPSA) is 92.4 Å². The van der Waals surface area contributed by atoms with E-state index in [4.69, 9.17) is 9.63 Å². The number of carbonyl (C=O) groups is 2. The first kappa shape index (κ1) is 14.8. The molecule has 0 aliphatic rings. The van der Waals surface area contributed by atoms with Gasteiger partial charge in [-0.25, -0.2) is 0 Å². The Morgan fingerprint density at radius 2 is 2.00 bits per heavy atom. The lowest BCUT2D eigenvalue weighted by molar-refractivity contribution is -0.137. The van der Waals surface area contributed by atoms with Crippen LogP contribution in [0.15, 0.2) is 34.9 Å². The van der Waals surface area contributed by atoms with E-state index in [0.29, 0.717) is 5.69 Å². The van der Waals surface area contributed by atoms with E-state index in [1.54, 1.807) is 6.92 Å². The predicted octanol–water partition coefficient (Wildman–Crippen LogP) is 2.24. The van der Waals surface area contributed by atoms with E-state index in [0.717, 1.165) is 11.1 Å². The van der Waals surface area contributed by atoms with E-state index < -0.39 is 17.9 Å². The highest BCUT2D eigenvalue weighted by Crippen LogP contribution is 2.19. The molecule has 1 heterocycles. The minimum atomic E-state index is -0.972. The Morgan fingerprint density at radius 1 is 1.33 bits per heavy atom. The number of benzene rings is 1. The molecule has 1 amide bonds. The number of carboxylic acids is 1. The van der Waals surface area contributed by atoms with Crippen LogP contribution in [0.25, 0.3) is 11.3 Å². The Bertz CT molecular complexity index is 646. The maximum Gasteiger partial charge on any atom is 0.305 e. The van der Waals surface area contributed by atoms with Gasteiger partial charge in [0.2, 0.25) is 5.76 Å². The van der Waals surface area contributed by atoms with Gasteiger partial charge in [0.15, 0.2) is 0 Å². The van der Waals surface area contributed by atoms with E-state index in [2.05, 4.69) is 10.5 Å². The Morgan fingerprint density at radius 3 is 2.62 bits per heavy atom. The number of amides is 1. The average molecular weight is 288 g/mol. The summed E-state index contributed by atoms with van der Waals surface area (Å²) in [6.07, 6.45) is -0.148. The molecule has 0 aliphatic heterocycles. The molecule has 0 saturated carbocycles. The van der Waals surface area contributed by atoms with Crippen molar-refractivity contribution in [3.63, 3.8) is 0 Å². The van der Waals surface area contributed by atoms with E-state index in [1.165, 1.54) is 6.07 Å². The van der Waals surface area contributed by atoms with Crippen molar-refractivity contribution in [2.24, 2.45) is 0 Å². The second-order valence-corrected chi connectivity index (χ2v) is 4.91. The van der Waals surface area contributed by atoms with Crippen molar-refractivity contribution in [2.75, 3.05) is 0 Å². The highest BCUT2D eigenvalue weighted by Gasteiger charge is 2.17. The van der Waals surface area contributed by atoms with Gasteiger partial charge in [-0.15, -0.1) is 0 Å². The van der Waals surface area contributed by atoms with E-state index in [1.807, 2.05) is 31.2 Å². The molecule has 1 aromatic heterocycles. The summed E-state index contributed by atoms with van der Waals surface area (Å²) in [5, 5.41) is 15.1. The molecule has 0 saturated heterocycles. The van der Waals surface area contributed by atoms with Crippen molar-refractivity contribution >= 4 is 11.9 Å². The third-order valence-electron chi connectivity index (χ3n) is 2.94. The maximum absolute atomic E-state index is 11.9. The van der Waals surface area contributed by atoms with Crippen LogP contribution in [0.2, 0.25) is 0 Å².